The van der Waals surface area contributed by atoms with E-state index < -0.39 is 0 Å². The molecule has 2 fully saturated rings. The summed E-state index contributed by atoms with van der Waals surface area (Å²) in [5.41, 5.74) is 2.30. The highest BCUT2D eigenvalue weighted by Gasteiger charge is 2.59. The van der Waals surface area contributed by atoms with E-state index in [4.69, 9.17) is 11.6 Å². The summed E-state index contributed by atoms with van der Waals surface area (Å²) in [6.45, 7) is 9.75. The van der Waals surface area contributed by atoms with E-state index >= 15 is 0 Å². The van der Waals surface area contributed by atoms with Gasteiger partial charge in [-0.3, -0.25) is 0 Å². The highest BCUT2D eigenvalue weighted by atomic mass is 35.5. The lowest BCUT2D eigenvalue weighted by molar-refractivity contribution is 0.100. The molecule has 0 radical (unpaired) electrons. The molecule has 0 spiro atoms. The van der Waals surface area contributed by atoms with Crippen LogP contribution in [0.15, 0.2) is 24.3 Å². The minimum atomic E-state index is 0.432. The normalized spacial score (nSPS) is 35.1. The predicted molar refractivity (Wildman–Crippen MR) is 90.8 cm³/mol. The fourth-order valence-electron chi connectivity index (χ4n) is 5.04. The molecule has 2 unspecified atom stereocenters. The van der Waals surface area contributed by atoms with Crippen LogP contribution < -0.4 is 5.32 Å². The molecule has 0 heterocycles. The molecule has 2 saturated carbocycles. The molecule has 2 aliphatic carbocycles. The van der Waals surface area contributed by atoms with Crippen LogP contribution >= 0.6 is 11.6 Å². The SMILES string of the molecule is CC(Cc1ccc(Cl)cc1)NC1C(C)(C)[C@H]2CC[C@]1(C)C2. The van der Waals surface area contributed by atoms with Crippen LogP contribution in [0, 0.1) is 16.7 Å². The Hall–Kier alpha value is -0.530. The lowest BCUT2D eigenvalue weighted by Gasteiger charge is -2.44. The number of nitrogens with one attached hydrogen (secondary N) is 1. The Morgan fingerprint density at radius 3 is 2.48 bits per heavy atom. The van der Waals surface area contributed by atoms with Crippen molar-refractivity contribution in [1.82, 2.24) is 5.32 Å². The summed E-state index contributed by atoms with van der Waals surface area (Å²) >= 11 is 5.97. The van der Waals surface area contributed by atoms with Crippen molar-refractivity contribution >= 4 is 11.6 Å². The minimum absolute atomic E-state index is 0.432. The van der Waals surface area contributed by atoms with Gasteiger partial charge in [0.15, 0.2) is 0 Å². The topological polar surface area (TPSA) is 12.0 Å². The van der Waals surface area contributed by atoms with Gasteiger partial charge in [-0.05, 0) is 67.1 Å². The number of benzene rings is 1. The van der Waals surface area contributed by atoms with Gasteiger partial charge >= 0.3 is 0 Å². The van der Waals surface area contributed by atoms with Crippen molar-refractivity contribution in [1.29, 1.82) is 0 Å². The molecule has 2 aliphatic rings. The van der Waals surface area contributed by atoms with Crippen molar-refractivity contribution in [3.05, 3.63) is 34.9 Å². The van der Waals surface area contributed by atoms with E-state index in [0.717, 1.165) is 17.4 Å². The average molecular weight is 306 g/mol. The molecule has 2 bridgehead atoms. The van der Waals surface area contributed by atoms with Gasteiger partial charge < -0.3 is 5.32 Å². The lowest BCUT2D eigenvalue weighted by Crippen LogP contribution is -2.53. The molecule has 1 aromatic carbocycles. The van der Waals surface area contributed by atoms with Crippen molar-refractivity contribution in [2.24, 2.45) is 16.7 Å². The van der Waals surface area contributed by atoms with E-state index in [9.17, 15) is 0 Å². The average Bonchev–Trinajstić information content (AvgIpc) is 2.89. The Kier molecular flexibility index (Phi) is 3.86. The van der Waals surface area contributed by atoms with Gasteiger partial charge in [-0.1, -0.05) is 44.5 Å². The fourth-order valence-corrected chi connectivity index (χ4v) is 5.16. The van der Waals surface area contributed by atoms with Crippen LogP contribution in [0.4, 0.5) is 0 Å². The van der Waals surface area contributed by atoms with E-state index in [2.05, 4.69) is 45.1 Å². The molecule has 4 atom stereocenters. The zero-order chi connectivity index (χ0) is 15.3. The van der Waals surface area contributed by atoms with Crippen LogP contribution in [0.5, 0.6) is 0 Å². The summed E-state index contributed by atoms with van der Waals surface area (Å²) in [5, 5.41) is 4.79. The van der Waals surface area contributed by atoms with E-state index in [1.807, 2.05) is 12.1 Å². The van der Waals surface area contributed by atoms with Gasteiger partial charge in [-0.25, -0.2) is 0 Å². The Morgan fingerprint density at radius 1 is 1.24 bits per heavy atom. The molecule has 116 valence electrons. The van der Waals surface area contributed by atoms with Crippen molar-refractivity contribution in [3.63, 3.8) is 0 Å². The van der Waals surface area contributed by atoms with Crippen LogP contribution in [-0.4, -0.2) is 12.1 Å². The third kappa shape index (κ3) is 2.75. The molecule has 0 aromatic heterocycles. The van der Waals surface area contributed by atoms with Gasteiger partial charge in [0.1, 0.15) is 0 Å². The third-order valence-corrected chi connectivity index (χ3v) is 6.43. The summed E-state index contributed by atoms with van der Waals surface area (Å²) < 4.78 is 0. The first-order chi connectivity index (χ1) is 9.81. The summed E-state index contributed by atoms with van der Waals surface area (Å²) in [6, 6.07) is 9.43. The predicted octanol–water partition coefficient (Wildman–Crippen LogP) is 5.08. The summed E-state index contributed by atoms with van der Waals surface area (Å²) in [4.78, 5) is 0. The fraction of sp³-hybridized carbons (Fsp3) is 0.684. The first-order valence-electron chi connectivity index (χ1n) is 8.32. The van der Waals surface area contributed by atoms with E-state index in [1.165, 1.54) is 24.8 Å². The second-order valence-electron chi connectivity index (χ2n) is 8.25. The molecule has 1 aromatic rings. The van der Waals surface area contributed by atoms with Crippen molar-refractivity contribution in [2.75, 3.05) is 0 Å². The quantitative estimate of drug-likeness (QED) is 0.818. The number of hydrogen-bond donors (Lipinski definition) is 1. The van der Waals surface area contributed by atoms with Gasteiger partial charge in [-0.15, -0.1) is 0 Å². The van der Waals surface area contributed by atoms with Gasteiger partial charge in [0.05, 0.1) is 0 Å². The third-order valence-electron chi connectivity index (χ3n) is 6.18. The number of halogens is 1. The Labute approximate surface area is 134 Å². The van der Waals surface area contributed by atoms with E-state index in [1.54, 1.807) is 0 Å². The molecule has 0 amide bonds. The maximum Gasteiger partial charge on any atom is 0.0406 e. The summed E-state index contributed by atoms with van der Waals surface area (Å²) in [5.74, 6) is 0.905. The molecule has 2 heteroatoms. The Morgan fingerprint density at radius 2 is 1.90 bits per heavy atom. The largest absolute Gasteiger partial charge is 0.310 e. The van der Waals surface area contributed by atoms with Crippen LogP contribution in [-0.2, 0) is 6.42 Å². The molecular formula is C19H28ClN. The van der Waals surface area contributed by atoms with Crippen LogP contribution in [0.2, 0.25) is 5.02 Å². The maximum absolute atomic E-state index is 5.97. The molecule has 0 aliphatic heterocycles. The highest BCUT2D eigenvalue weighted by Crippen LogP contribution is 2.62. The summed E-state index contributed by atoms with van der Waals surface area (Å²) in [6.07, 6.45) is 5.30. The second-order valence-corrected chi connectivity index (χ2v) is 8.68. The van der Waals surface area contributed by atoms with Crippen LogP contribution in [0.25, 0.3) is 0 Å². The Balaban J connectivity index is 1.67. The second kappa shape index (κ2) is 5.28. The molecule has 1 N–H and O–H groups in total. The Bertz CT molecular complexity index is 502. The van der Waals surface area contributed by atoms with Gasteiger partial charge in [0, 0.05) is 17.1 Å². The van der Waals surface area contributed by atoms with Crippen molar-refractivity contribution < 1.29 is 0 Å². The molecule has 21 heavy (non-hydrogen) atoms. The van der Waals surface area contributed by atoms with E-state index in [-0.39, 0.29) is 0 Å². The molecular weight excluding hydrogens is 278 g/mol. The highest BCUT2D eigenvalue weighted by molar-refractivity contribution is 6.30. The van der Waals surface area contributed by atoms with Crippen LogP contribution in [0.3, 0.4) is 0 Å². The number of hydrogen-bond acceptors (Lipinski definition) is 1. The zero-order valence-electron chi connectivity index (χ0n) is 13.7. The van der Waals surface area contributed by atoms with Crippen LogP contribution in [0.1, 0.15) is 52.5 Å². The van der Waals surface area contributed by atoms with Crippen molar-refractivity contribution in [3.8, 4) is 0 Å². The summed E-state index contributed by atoms with van der Waals surface area (Å²) in [7, 11) is 0. The van der Waals surface area contributed by atoms with Gasteiger partial charge in [0.2, 0.25) is 0 Å². The maximum atomic E-state index is 5.97. The standard InChI is InChI=1S/C19H28ClN/c1-13(11-14-5-7-16(20)8-6-14)21-17-18(2,3)15-9-10-19(17,4)12-15/h5-8,13,15,17,21H,9-12H2,1-4H3/t13?,15-,17?,19+/m0/s1. The number of rotatable bonds is 4. The minimum Gasteiger partial charge on any atom is -0.310 e. The van der Waals surface area contributed by atoms with Gasteiger partial charge in [-0.2, -0.15) is 0 Å². The smallest absolute Gasteiger partial charge is 0.0406 e. The monoisotopic (exact) mass is 305 g/mol. The molecule has 1 nitrogen and oxygen atoms in total. The first kappa shape index (κ1) is 15.4. The van der Waals surface area contributed by atoms with Gasteiger partial charge in [0.25, 0.3) is 0 Å². The van der Waals surface area contributed by atoms with E-state index in [0.29, 0.717) is 22.9 Å². The molecule has 0 saturated heterocycles. The lowest BCUT2D eigenvalue weighted by atomic mass is 9.68. The first-order valence-corrected chi connectivity index (χ1v) is 8.69. The number of fused-ring (bicyclic) bond motifs is 2. The molecule has 3 rings (SSSR count). The zero-order valence-corrected chi connectivity index (χ0v) is 14.5. The van der Waals surface area contributed by atoms with Crippen molar-refractivity contribution in [2.45, 2.75) is 65.5 Å².